The van der Waals surface area contributed by atoms with Crippen molar-refractivity contribution in [2.45, 2.75) is 6.04 Å². The molecule has 2 rings (SSSR count). The zero-order chi connectivity index (χ0) is 13.1. The summed E-state index contributed by atoms with van der Waals surface area (Å²) in [6, 6.07) is 4.09. The average Bonchev–Trinajstić information content (AvgIpc) is 2.38. The van der Waals surface area contributed by atoms with Crippen molar-refractivity contribution in [2.75, 3.05) is 26.2 Å². The van der Waals surface area contributed by atoms with E-state index in [0.717, 1.165) is 31.7 Å². The summed E-state index contributed by atoms with van der Waals surface area (Å²) in [7, 11) is 0. The molecule has 0 amide bonds. The van der Waals surface area contributed by atoms with Crippen LogP contribution in [0.4, 0.5) is 0 Å². The molecule has 0 radical (unpaired) electrons. The van der Waals surface area contributed by atoms with Gasteiger partial charge in [-0.15, -0.1) is 31.4 Å². The van der Waals surface area contributed by atoms with E-state index in [4.69, 9.17) is 0 Å². The van der Waals surface area contributed by atoms with Crippen molar-refractivity contribution in [3.63, 3.8) is 0 Å². The van der Waals surface area contributed by atoms with Crippen LogP contribution in [0.1, 0.15) is 11.6 Å². The van der Waals surface area contributed by atoms with Crippen molar-refractivity contribution >= 4 is 56.7 Å². The molecular formula is C13H18Br2Cl2N2O. The number of phenolic OH excluding ortho intramolecular Hbond substituents is 1. The minimum atomic E-state index is 0. The molecule has 1 aliphatic heterocycles. The maximum Gasteiger partial charge on any atom is 0.143 e. The molecule has 1 heterocycles. The Balaban J connectivity index is 0.00000180. The highest BCUT2D eigenvalue weighted by Gasteiger charge is 2.20. The van der Waals surface area contributed by atoms with Gasteiger partial charge in [-0.3, -0.25) is 4.90 Å². The van der Waals surface area contributed by atoms with Gasteiger partial charge >= 0.3 is 0 Å². The summed E-state index contributed by atoms with van der Waals surface area (Å²) in [6.07, 6.45) is 1.95. The standard InChI is InChI=1S/C13H16Br2N2O.2ClH/c1-2-12(17-5-3-16-4-6-17)9-7-10(14)13(18)11(15)8-9;;/h2,7-8,12,16,18H,1,3-6H2;2*1H/t12-;;/m1../s1. The molecule has 1 fully saturated rings. The normalized spacial score (nSPS) is 16.7. The van der Waals surface area contributed by atoms with Crippen LogP contribution in [0.5, 0.6) is 5.75 Å². The smallest absolute Gasteiger partial charge is 0.143 e. The molecule has 0 aliphatic carbocycles. The fourth-order valence-corrected chi connectivity index (χ4v) is 3.43. The Hall–Kier alpha value is 0.220. The van der Waals surface area contributed by atoms with Gasteiger partial charge in [-0.25, -0.2) is 0 Å². The van der Waals surface area contributed by atoms with Crippen LogP contribution in [0.3, 0.4) is 0 Å². The highest BCUT2D eigenvalue weighted by molar-refractivity contribution is 9.11. The van der Waals surface area contributed by atoms with Gasteiger partial charge in [0, 0.05) is 26.2 Å². The van der Waals surface area contributed by atoms with Crippen LogP contribution in [-0.4, -0.2) is 36.2 Å². The molecular weight excluding hydrogens is 431 g/mol. The third-order valence-corrected chi connectivity index (χ3v) is 4.36. The zero-order valence-electron chi connectivity index (χ0n) is 10.8. The number of phenols is 1. The minimum absolute atomic E-state index is 0. The molecule has 0 saturated carbocycles. The van der Waals surface area contributed by atoms with E-state index in [0.29, 0.717) is 8.95 Å². The first-order valence-corrected chi connectivity index (χ1v) is 7.47. The number of aromatic hydroxyl groups is 1. The van der Waals surface area contributed by atoms with Gasteiger partial charge in [-0.05, 0) is 49.6 Å². The summed E-state index contributed by atoms with van der Waals surface area (Å²) < 4.78 is 1.41. The first kappa shape index (κ1) is 20.2. The zero-order valence-corrected chi connectivity index (χ0v) is 15.6. The van der Waals surface area contributed by atoms with Crippen LogP contribution in [0, 0.1) is 0 Å². The summed E-state index contributed by atoms with van der Waals surface area (Å²) in [6.45, 7) is 7.96. The second-order valence-corrected chi connectivity index (χ2v) is 6.01. The number of hydrogen-bond donors (Lipinski definition) is 2. The van der Waals surface area contributed by atoms with Crippen molar-refractivity contribution in [1.82, 2.24) is 10.2 Å². The van der Waals surface area contributed by atoms with Crippen molar-refractivity contribution in [3.05, 3.63) is 39.3 Å². The molecule has 0 bridgehead atoms. The lowest BCUT2D eigenvalue weighted by Crippen LogP contribution is -2.44. The fraction of sp³-hybridized carbons (Fsp3) is 0.385. The fourth-order valence-electron chi connectivity index (χ4n) is 2.21. The molecule has 0 unspecified atom stereocenters. The molecule has 1 aliphatic rings. The minimum Gasteiger partial charge on any atom is -0.506 e. The molecule has 3 nitrogen and oxygen atoms in total. The van der Waals surface area contributed by atoms with Crippen LogP contribution in [0.2, 0.25) is 0 Å². The second-order valence-electron chi connectivity index (χ2n) is 4.30. The number of nitrogens with one attached hydrogen (secondary N) is 1. The van der Waals surface area contributed by atoms with Gasteiger partial charge < -0.3 is 10.4 Å². The molecule has 114 valence electrons. The quantitative estimate of drug-likeness (QED) is 0.688. The SMILES string of the molecule is C=C[C@H](c1cc(Br)c(O)c(Br)c1)N1CCNCC1.Cl.Cl. The molecule has 0 spiro atoms. The van der Waals surface area contributed by atoms with Gasteiger partial charge in [0.05, 0.1) is 15.0 Å². The number of nitrogens with zero attached hydrogens (tertiary/aromatic N) is 1. The number of benzene rings is 1. The molecule has 2 N–H and O–H groups in total. The second kappa shape index (κ2) is 9.28. The predicted molar refractivity (Wildman–Crippen MR) is 95.4 cm³/mol. The third kappa shape index (κ3) is 4.61. The van der Waals surface area contributed by atoms with Crippen molar-refractivity contribution in [2.24, 2.45) is 0 Å². The lowest BCUT2D eigenvalue weighted by atomic mass is 10.0. The average molecular weight is 449 g/mol. The van der Waals surface area contributed by atoms with Crippen LogP contribution in [0.25, 0.3) is 0 Å². The Bertz CT molecular complexity index is 431. The summed E-state index contributed by atoms with van der Waals surface area (Å²) in [5, 5.41) is 13.1. The first-order chi connectivity index (χ1) is 8.63. The number of piperazine rings is 1. The van der Waals surface area contributed by atoms with E-state index in [2.05, 4.69) is 48.7 Å². The highest BCUT2D eigenvalue weighted by atomic mass is 79.9. The number of rotatable bonds is 3. The summed E-state index contributed by atoms with van der Waals surface area (Å²) in [5.74, 6) is 0.238. The van der Waals surface area contributed by atoms with Gasteiger partial charge in [-0.2, -0.15) is 0 Å². The third-order valence-electron chi connectivity index (χ3n) is 3.15. The van der Waals surface area contributed by atoms with E-state index in [9.17, 15) is 5.11 Å². The van der Waals surface area contributed by atoms with E-state index in [1.54, 1.807) is 0 Å². The van der Waals surface area contributed by atoms with Gasteiger partial charge in [0.1, 0.15) is 5.75 Å². The van der Waals surface area contributed by atoms with Gasteiger partial charge in [0.15, 0.2) is 0 Å². The van der Waals surface area contributed by atoms with E-state index in [1.165, 1.54) is 0 Å². The van der Waals surface area contributed by atoms with Crippen LogP contribution in [-0.2, 0) is 0 Å². The molecule has 1 aromatic carbocycles. The lowest BCUT2D eigenvalue weighted by Gasteiger charge is -2.33. The van der Waals surface area contributed by atoms with Gasteiger partial charge in [0.2, 0.25) is 0 Å². The van der Waals surface area contributed by atoms with Crippen LogP contribution in [0.15, 0.2) is 33.7 Å². The Kier molecular flexibility index (Phi) is 9.38. The largest absolute Gasteiger partial charge is 0.506 e. The maximum atomic E-state index is 9.75. The van der Waals surface area contributed by atoms with Gasteiger partial charge in [0.25, 0.3) is 0 Å². The molecule has 1 aromatic rings. The predicted octanol–water partition coefficient (Wildman–Crippen LogP) is 3.89. The lowest BCUT2D eigenvalue weighted by molar-refractivity contribution is 0.203. The molecule has 0 aromatic heterocycles. The Morgan fingerprint density at radius 3 is 2.15 bits per heavy atom. The monoisotopic (exact) mass is 446 g/mol. The molecule has 1 saturated heterocycles. The summed E-state index contributed by atoms with van der Waals surface area (Å²) in [4.78, 5) is 2.38. The van der Waals surface area contributed by atoms with Gasteiger partial charge in [-0.1, -0.05) is 6.08 Å². The van der Waals surface area contributed by atoms with E-state index in [1.807, 2.05) is 18.2 Å². The highest BCUT2D eigenvalue weighted by Crippen LogP contribution is 2.36. The van der Waals surface area contributed by atoms with Crippen molar-refractivity contribution in [3.8, 4) is 5.75 Å². The van der Waals surface area contributed by atoms with Crippen molar-refractivity contribution < 1.29 is 5.11 Å². The maximum absolute atomic E-state index is 9.75. The van der Waals surface area contributed by atoms with E-state index in [-0.39, 0.29) is 36.6 Å². The number of halogens is 4. The molecule has 20 heavy (non-hydrogen) atoms. The Morgan fingerprint density at radius 1 is 1.20 bits per heavy atom. The Morgan fingerprint density at radius 2 is 1.70 bits per heavy atom. The topological polar surface area (TPSA) is 35.5 Å². The van der Waals surface area contributed by atoms with E-state index < -0.39 is 0 Å². The summed E-state index contributed by atoms with van der Waals surface area (Å²) in [5.41, 5.74) is 1.13. The Labute approximate surface area is 148 Å². The van der Waals surface area contributed by atoms with E-state index >= 15 is 0 Å². The van der Waals surface area contributed by atoms with Crippen LogP contribution < -0.4 is 5.32 Å². The van der Waals surface area contributed by atoms with Crippen LogP contribution >= 0.6 is 56.7 Å². The molecule has 1 atom stereocenters. The first-order valence-electron chi connectivity index (χ1n) is 5.88. The molecule has 7 heteroatoms. The summed E-state index contributed by atoms with van der Waals surface area (Å²) >= 11 is 6.75. The number of hydrogen-bond acceptors (Lipinski definition) is 3. The van der Waals surface area contributed by atoms with Crippen molar-refractivity contribution in [1.29, 1.82) is 0 Å².